The maximum atomic E-state index is 12.9. The van der Waals surface area contributed by atoms with Crippen LogP contribution in [-0.4, -0.2) is 29.3 Å². The van der Waals surface area contributed by atoms with E-state index >= 15 is 0 Å². The molecule has 0 unspecified atom stereocenters. The SMILES string of the molecule is CCCNC(=O)[C@H](Cc1ccccc1)N(Cc1ccccc1C)C(=O)CC. The van der Waals surface area contributed by atoms with Gasteiger partial charge >= 0.3 is 0 Å². The highest BCUT2D eigenvalue weighted by Gasteiger charge is 2.29. The number of hydrogen-bond acceptors (Lipinski definition) is 2. The second-order valence-corrected chi connectivity index (χ2v) is 6.80. The monoisotopic (exact) mass is 366 g/mol. The number of nitrogens with zero attached hydrogens (tertiary/aromatic N) is 1. The third-order valence-electron chi connectivity index (χ3n) is 4.72. The topological polar surface area (TPSA) is 49.4 Å². The van der Waals surface area contributed by atoms with Gasteiger partial charge in [-0.05, 0) is 30.0 Å². The Kier molecular flexibility index (Phi) is 8.05. The van der Waals surface area contributed by atoms with Gasteiger partial charge in [0.1, 0.15) is 6.04 Å². The fourth-order valence-corrected chi connectivity index (χ4v) is 3.09. The number of aryl methyl sites for hydroxylation is 1. The maximum absolute atomic E-state index is 12.9. The van der Waals surface area contributed by atoms with Crippen LogP contribution in [0.2, 0.25) is 0 Å². The van der Waals surface area contributed by atoms with Crippen LogP contribution in [-0.2, 0) is 22.6 Å². The van der Waals surface area contributed by atoms with Crippen LogP contribution in [0.3, 0.4) is 0 Å². The van der Waals surface area contributed by atoms with Crippen molar-refractivity contribution in [2.45, 2.75) is 52.6 Å². The summed E-state index contributed by atoms with van der Waals surface area (Å²) >= 11 is 0. The van der Waals surface area contributed by atoms with Crippen LogP contribution in [0.4, 0.5) is 0 Å². The van der Waals surface area contributed by atoms with Gasteiger partial charge in [-0.1, -0.05) is 68.4 Å². The summed E-state index contributed by atoms with van der Waals surface area (Å²) < 4.78 is 0. The number of nitrogens with one attached hydrogen (secondary N) is 1. The van der Waals surface area contributed by atoms with Crippen molar-refractivity contribution in [3.05, 3.63) is 71.3 Å². The van der Waals surface area contributed by atoms with Crippen LogP contribution in [0.1, 0.15) is 43.4 Å². The van der Waals surface area contributed by atoms with E-state index in [0.717, 1.165) is 23.1 Å². The van der Waals surface area contributed by atoms with Gasteiger partial charge in [0.2, 0.25) is 11.8 Å². The molecule has 0 aromatic heterocycles. The Balaban J connectivity index is 2.34. The molecule has 4 heteroatoms. The quantitative estimate of drug-likeness (QED) is 0.732. The minimum absolute atomic E-state index is 0.00849. The summed E-state index contributed by atoms with van der Waals surface area (Å²) in [7, 11) is 0. The normalized spacial score (nSPS) is 11.7. The molecule has 0 saturated carbocycles. The molecule has 2 rings (SSSR count). The molecule has 2 amide bonds. The first-order valence-electron chi connectivity index (χ1n) is 9.72. The molecule has 0 aliphatic carbocycles. The summed E-state index contributed by atoms with van der Waals surface area (Å²) in [5, 5.41) is 2.98. The Bertz CT molecular complexity index is 743. The summed E-state index contributed by atoms with van der Waals surface area (Å²) in [6.07, 6.45) is 1.75. The standard InChI is InChI=1S/C23H30N2O2/c1-4-15-24-23(27)21(16-19-12-7-6-8-13-19)25(22(26)5-2)17-20-14-10-9-11-18(20)3/h6-14,21H,4-5,15-17H2,1-3H3,(H,24,27)/t21-/m0/s1. The van der Waals surface area contributed by atoms with Gasteiger partial charge in [0.05, 0.1) is 0 Å². The smallest absolute Gasteiger partial charge is 0.243 e. The maximum Gasteiger partial charge on any atom is 0.243 e. The van der Waals surface area contributed by atoms with E-state index in [1.165, 1.54) is 0 Å². The minimum atomic E-state index is -0.522. The molecule has 0 fully saturated rings. The molecular weight excluding hydrogens is 336 g/mol. The number of rotatable bonds is 9. The molecule has 0 aliphatic heterocycles. The van der Waals surface area contributed by atoms with Gasteiger partial charge < -0.3 is 10.2 Å². The molecule has 0 bridgehead atoms. The highest BCUT2D eigenvalue weighted by atomic mass is 16.2. The summed E-state index contributed by atoms with van der Waals surface area (Å²) in [4.78, 5) is 27.5. The van der Waals surface area contributed by atoms with Gasteiger partial charge in [0, 0.05) is 25.9 Å². The molecule has 0 saturated heterocycles. The Morgan fingerprint density at radius 1 is 1.00 bits per heavy atom. The van der Waals surface area contributed by atoms with Crippen LogP contribution in [0.25, 0.3) is 0 Å². The lowest BCUT2D eigenvalue weighted by Gasteiger charge is -2.31. The molecule has 144 valence electrons. The van der Waals surface area contributed by atoms with Crippen molar-refractivity contribution >= 4 is 11.8 Å². The Labute approximate surface area is 162 Å². The fraction of sp³-hybridized carbons (Fsp3) is 0.391. The van der Waals surface area contributed by atoms with E-state index in [2.05, 4.69) is 5.32 Å². The van der Waals surface area contributed by atoms with E-state index in [0.29, 0.717) is 25.9 Å². The van der Waals surface area contributed by atoms with Gasteiger partial charge in [0.25, 0.3) is 0 Å². The second kappa shape index (κ2) is 10.5. The summed E-state index contributed by atoms with van der Waals surface area (Å²) in [5.74, 6) is -0.0954. The van der Waals surface area contributed by atoms with E-state index in [4.69, 9.17) is 0 Å². The highest BCUT2D eigenvalue weighted by Crippen LogP contribution is 2.17. The van der Waals surface area contributed by atoms with Crippen molar-refractivity contribution in [3.63, 3.8) is 0 Å². The summed E-state index contributed by atoms with van der Waals surface area (Å²) in [6.45, 7) is 6.96. The first-order valence-corrected chi connectivity index (χ1v) is 9.72. The third kappa shape index (κ3) is 5.95. The number of carbonyl (C=O) groups excluding carboxylic acids is 2. The molecular formula is C23H30N2O2. The lowest BCUT2D eigenvalue weighted by atomic mass is 10.0. The lowest BCUT2D eigenvalue weighted by Crippen LogP contribution is -2.50. The van der Waals surface area contributed by atoms with Crippen molar-refractivity contribution < 1.29 is 9.59 Å². The predicted molar refractivity (Wildman–Crippen MR) is 109 cm³/mol. The zero-order chi connectivity index (χ0) is 19.6. The van der Waals surface area contributed by atoms with Crippen LogP contribution in [0.5, 0.6) is 0 Å². The van der Waals surface area contributed by atoms with Crippen LogP contribution in [0, 0.1) is 6.92 Å². The molecule has 1 N–H and O–H groups in total. The van der Waals surface area contributed by atoms with E-state index in [1.54, 1.807) is 4.90 Å². The van der Waals surface area contributed by atoms with E-state index in [9.17, 15) is 9.59 Å². The molecule has 2 aromatic rings. The molecule has 1 atom stereocenters. The Hall–Kier alpha value is -2.62. The van der Waals surface area contributed by atoms with E-state index in [1.807, 2.05) is 75.4 Å². The number of benzene rings is 2. The average molecular weight is 367 g/mol. The molecule has 27 heavy (non-hydrogen) atoms. The van der Waals surface area contributed by atoms with Crippen LogP contribution >= 0.6 is 0 Å². The van der Waals surface area contributed by atoms with Gasteiger partial charge in [-0.15, -0.1) is 0 Å². The third-order valence-corrected chi connectivity index (χ3v) is 4.72. The summed E-state index contributed by atoms with van der Waals surface area (Å²) in [6, 6.07) is 17.4. The molecule has 0 radical (unpaired) electrons. The van der Waals surface area contributed by atoms with Crippen molar-refractivity contribution in [3.8, 4) is 0 Å². The van der Waals surface area contributed by atoms with E-state index < -0.39 is 6.04 Å². The Morgan fingerprint density at radius 3 is 2.30 bits per heavy atom. The highest BCUT2D eigenvalue weighted by molar-refractivity contribution is 5.87. The molecule has 0 spiro atoms. The molecule has 4 nitrogen and oxygen atoms in total. The molecule has 0 aliphatic rings. The van der Waals surface area contributed by atoms with E-state index in [-0.39, 0.29) is 11.8 Å². The zero-order valence-electron chi connectivity index (χ0n) is 16.6. The van der Waals surface area contributed by atoms with Gasteiger partial charge in [0.15, 0.2) is 0 Å². The average Bonchev–Trinajstić information content (AvgIpc) is 2.70. The van der Waals surface area contributed by atoms with Crippen molar-refractivity contribution in [2.75, 3.05) is 6.54 Å². The summed E-state index contributed by atoms with van der Waals surface area (Å²) in [5.41, 5.74) is 3.24. The molecule has 2 aromatic carbocycles. The zero-order valence-corrected chi connectivity index (χ0v) is 16.6. The van der Waals surface area contributed by atoms with Crippen LogP contribution in [0.15, 0.2) is 54.6 Å². The minimum Gasteiger partial charge on any atom is -0.354 e. The molecule has 0 heterocycles. The van der Waals surface area contributed by atoms with Gasteiger partial charge in [-0.25, -0.2) is 0 Å². The van der Waals surface area contributed by atoms with Crippen molar-refractivity contribution in [1.82, 2.24) is 10.2 Å². The largest absolute Gasteiger partial charge is 0.354 e. The number of carbonyl (C=O) groups is 2. The van der Waals surface area contributed by atoms with Crippen LogP contribution < -0.4 is 5.32 Å². The van der Waals surface area contributed by atoms with Crippen molar-refractivity contribution in [1.29, 1.82) is 0 Å². The number of amides is 2. The first kappa shape index (κ1) is 20.7. The number of hydrogen-bond donors (Lipinski definition) is 1. The predicted octanol–water partition coefficient (Wildman–Crippen LogP) is 3.87. The fourth-order valence-electron chi connectivity index (χ4n) is 3.09. The van der Waals surface area contributed by atoms with Crippen molar-refractivity contribution in [2.24, 2.45) is 0 Å². The second-order valence-electron chi connectivity index (χ2n) is 6.80. The van der Waals surface area contributed by atoms with Gasteiger partial charge in [-0.2, -0.15) is 0 Å². The van der Waals surface area contributed by atoms with Gasteiger partial charge in [-0.3, -0.25) is 9.59 Å². The Morgan fingerprint density at radius 2 is 1.67 bits per heavy atom. The first-order chi connectivity index (χ1) is 13.1. The lowest BCUT2D eigenvalue weighted by molar-refractivity contribution is -0.141.